The number of carbonyl (C=O) groups is 2. The van der Waals surface area contributed by atoms with Gasteiger partial charge in [0.25, 0.3) is 5.91 Å². The van der Waals surface area contributed by atoms with Crippen molar-refractivity contribution in [1.29, 1.82) is 0 Å². The molecule has 1 unspecified atom stereocenters. The third-order valence-electron chi connectivity index (χ3n) is 2.70. The molecule has 2 heterocycles. The number of aliphatic carboxylic acids is 1. The molecular weight excluding hydrogens is 222 g/mol. The molecule has 1 atom stereocenters. The van der Waals surface area contributed by atoms with Crippen LogP contribution in [0.4, 0.5) is 0 Å². The van der Waals surface area contributed by atoms with E-state index in [0.717, 1.165) is 0 Å². The third-order valence-corrected chi connectivity index (χ3v) is 2.70. The summed E-state index contributed by atoms with van der Waals surface area (Å²) in [6.07, 6.45) is 3.02. The van der Waals surface area contributed by atoms with Gasteiger partial charge in [0.15, 0.2) is 0 Å². The lowest BCUT2D eigenvalue weighted by Crippen LogP contribution is -2.56. The summed E-state index contributed by atoms with van der Waals surface area (Å²) in [7, 11) is 0. The molecular formula is C11H13N3O3. The molecule has 1 amide bonds. The minimum absolute atomic E-state index is 0.279. The fraction of sp³-hybridized carbons (Fsp3) is 0.364. The maximum Gasteiger partial charge on any atom is 0.327 e. The van der Waals surface area contributed by atoms with Crippen molar-refractivity contribution in [2.24, 2.45) is 0 Å². The summed E-state index contributed by atoms with van der Waals surface area (Å²) in [5.74, 6) is -1.28. The van der Waals surface area contributed by atoms with Gasteiger partial charge in [0, 0.05) is 32.0 Å². The second-order valence-corrected chi connectivity index (χ2v) is 3.80. The van der Waals surface area contributed by atoms with Gasteiger partial charge in [0.2, 0.25) is 0 Å². The molecule has 0 aliphatic carbocycles. The standard InChI is InChI=1S/C11H13N3O3/c15-10(8-2-1-3-12-6-8)14-5-4-13-7-9(14)11(16)17/h1-3,6,9,13H,4-5,7H2,(H,16,17). The van der Waals surface area contributed by atoms with Crippen molar-refractivity contribution in [3.8, 4) is 0 Å². The first kappa shape index (κ1) is 11.5. The Labute approximate surface area is 98.3 Å². The first-order valence-corrected chi connectivity index (χ1v) is 5.34. The smallest absolute Gasteiger partial charge is 0.327 e. The maximum absolute atomic E-state index is 12.1. The van der Waals surface area contributed by atoms with Crippen LogP contribution in [-0.4, -0.2) is 52.5 Å². The molecule has 0 bridgehead atoms. The van der Waals surface area contributed by atoms with E-state index in [9.17, 15) is 9.59 Å². The summed E-state index contributed by atoms with van der Waals surface area (Å²) in [5.41, 5.74) is 0.417. The Balaban J connectivity index is 2.20. The number of hydrogen-bond acceptors (Lipinski definition) is 4. The normalized spacial score (nSPS) is 20.0. The lowest BCUT2D eigenvalue weighted by Gasteiger charge is -2.33. The summed E-state index contributed by atoms with van der Waals surface area (Å²) in [4.78, 5) is 28.4. The highest BCUT2D eigenvalue weighted by molar-refractivity contribution is 5.96. The molecule has 0 saturated carbocycles. The van der Waals surface area contributed by atoms with Crippen molar-refractivity contribution in [3.63, 3.8) is 0 Å². The van der Waals surface area contributed by atoms with E-state index < -0.39 is 12.0 Å². The Morgan fingerprint density at radius 3 is 3.00 bits per heavy atom. The highest BCUT2D eigenvalue weighted by atomic mass is 16.4. The predicted molar refractivity (Wildman–Crippen MR) is 59.6 cm³/mol. The van der Waals surface area contributed by atoms with Crippen LogP contribution in [0.15, 0.2) is 24.5 Å². The lowest BCUT2D eigenvalue weighted by molar-refractivity contribution is -0.142. The molecule has 2 rings (SSSR count). The molecule has 1 aromatic heterocycles. The Kier molecular flexibility index (Phi) is 3.34. The van der Waals surface area contributed by atoms with Gasteiger partial charge >= 0.3 is 5.97 Å². The van der Waals surface area contributed by atoms with Crippen LogP contribution in [0.3, 0.4) is 0 Å². The van der Waals surface area contributed by atoms with Gasteiger partial charge in [-0.1, -0.05) is 0 Å². The molecule has 90 valence electrons. The Hall–Kier alpha value is -1.95. The molecule has 0 aromatic carbocycles. The maximum atomic E-state index is 12.1. The molecule has 1 aromatic rings. The summed E-state index contributed by atoms with van der Waals surface area (Å²) in [6.45, 7) is 1.28. The molecule has 6 heteroatoms. The quantitative estimate of drug-likeness (QED) is 0.727. The second-order valence-electron chi connectivity index (χ2n) is 3.80. The van der Waals surface area contributed by atoms with Crippen molar-refractivity contribution in [3.05, 3.63) is 30.1 Å². The van der Waals surface area contributed by atoms with Crippen LogP contribution in [0.1, 0.15) is 10.4 Å². The molecule has 6 nitrogen and oxygen atoms in total. The molecule has 0 radical (unpaired) electrons. The minimum atomic E-state index is -0.991. The van der Waals surface area contributed by atoms with E-state index in [4.69, 9.17) is 5.11 Å². The van der Waals surface area contributed by atoms with E-state index in [1.165, 1.54) is 11.1 Å². The van der Waals surface area contributed by atoms with E-state index in [0.29, 0.717) is 18.7 Å². The van der Waals surface area contributed by atoms with Gasteiger partial charge in [-0.2, -0.15) is 0 Å². The Bertz CT molecular complexity index is 421. The van der Waals surface area contributed by atoms with E-state index in [1.54, 1.807) is 18.3 Å². The molecule has 1 fully saturated rings. The number of amides is 1. The average Bonchev–Trinajstić information content (AvgIpc) is 2.39. The van der Waals surface area contributed by atoms with Gasteiger partial charge in [-0.25, -0.2) is 4.79 Å². The van der Waals surface area contributed by atoms with Crippen LogP contribution in [0, 0.1) is 0 Å². The number of rotatable bonds is 2. The lowest BCUT2D eigenvalue weighted by atomic mass is 10.1. The van der Waals surface area contributed by atoms with Gasteiger partial charge in [-0.15, -0.1) is 0 Å². The largest absolute Gasteiger partial charge is 0.480 e. The number of piperazine rings is 1. The molecule has 1 aliphatic rings. The molecule has 1 saturated heterocycles. The highest BCUT2D eigenvalue weighted by Gasteiger charge is 2.32. The van der Waals surface area contributed by atoms with Crippen LogP contribution >= 0.6 is 0 Å². The van der Waals surface area contributed by atoms with Crippen LogP contribution in [0.2, 0.25) is 0 Å². The molecule has 0 spiro atoms. The van der Waals surface area contributed by atoms with E-state index in [-0.39, 0.29) is 12.5 Å². The number of carboxylic acid groups (broad SMARTS) is 1. The predicted octanol–water partition coefficient (Wildman–Crippen LogP) is -0.420. The zero-order valence-corrected chi connectivity index (χ0v) is 9.17. The van der Waals surface area contributed by atoms with Crippen molar-refractivity contribution < 1.29 is 14.7 Å². The number of pyridine rings is 1. The van der Waals surface area contributed by atoms with E-state index >= 15 is 0 Å². The van der Waals surface area contributed by atoms with Crippen molar-refractivity contribution in [1.82, 2.24) is 15.2 Å². The van der Waals surface area contributed by atoms with Gasteiger partial charge in [0.05, 0.1) is 5.56 Å². The number of nitrogens with one attached hydrogen (secondary N) is 1. The summed E-state index contributed by atoms with van der Waals surface area (Å²) < 4.78 is 0. The average molecular weight is 235 g/mol. The SMILES string of the molecule is O=C(O)C1CNCCN1C(=O)c1cccnc1. The van der Waals surface area contributed by atoms with E-state index in [2.05, 4.69) is 10.3 Å². The minimum Gasteiger partial charge on any atom is -0.480 e. The molecule has 1 aliphatic heterocycles. The third kappa shape index (κ3) is 2.42. The summed E-state index contributed by atoms with van der Waals surface area (Å²) in [5, 5.41) is 12.0. The van der Waals surface area contributed by atoms with Crippen LogP contribution < -0.4 is 5.32 Å². The monoisotopic (exact) mass is 235 g/mol. The van der Waals surface area contributed by atoms with E-state index in [1.807, 2.05) is 0 Å². The number of carboxylic acids is 1. The number of hydrogen-bond donors (Lipinski definition) is 2. The summed E-state index contributed by atoms with van der Waals surface area (Å²) in [6, 6.07) is 2.48. The molecule has 17 heavy (non-hydrogen) atoms. The van der Waals surface area contributed by atoms with Gasteiger partial charge in [0.1, 0.15) is 6.04 Å². The summed E-state index contributed by atoms with van der Waals surface area (Å²) >= 11 is 0. The van der Waals surface area contributed by atoms with Crippen LogP contribution in [-0.2, 0) is 4.79 Å². The van der Waals surface area contributed by atoms with Crippen LogP contribution in [0.5, 0.6) is 0 Å². The number of aromatic nitrogens is 1. The Morgan fingerprint density at radius 1 is 1.53 bits per heavy atom. The van der Waals surface area contributed by atoms with Crippen molar-refractivity contribution in [2.75, 3.05) is 19.6 Å². The fourth-order valence-corrected chi connectivity index (χ4v) is 1.82. The van der Waals surface area contributed by atoms with Crippen LogP contribution in [0.25, 0.3) is 0 Å². The number of nitrogens with zero attached hydrogens (tertiary/aromatic N) is 2. The zero-order valence-electron chi connectivity index (χ0n) is 9.17. The van der Waals surface area contributed by atoms with Crippen molar-refractivity contribution in [2.45, 2.75) is 6.04 Å². The Morgan fingerprint density at radius 2 is 2.35 bits per heavy atom. The molecule has 2 N–H and O–H groups in total. The first-order chi connectivity index (χ1) is 8.20. The van der Waals surface area contributed by atoms with Crippen molar-refractivity contribution >= 4 is 11.9 Å². The zero-order chi connectivity index (χ0) is 12.3. The fourth-order valence-electron chi connectivity index (χ4n) is 1.82. The second kappa shape index (κ2) is 4.92. The number of carbonyl (C=O) groups excluding carboxylic acids is 1. The van der Waals surface area contributed by atoms with Gasteiger partial charge in [-0.05, 0) is 12.1 Å². The highest BCUT2D eigenvalue weighted by Crippen LogP contribution is 2.09. The topological polar surface area (TPSA) is 82.5 Å². The van der Waals surface area contributed by atoms with Gasteiger partial charge < -0.3 is 15.3 Å². The van der Waals surface area contributed by atoms with Gasteiger partial charge in [-0.3, -0.25) is 9.78 Å². The first-order valence-electron chi connectivity index (χ1n) is 5.34.